The second-order valence-electron chi connectivity index (χ2n) is 6.80. The van der Waals surface area contributed by atoms with Crippen molar-refractivity contribution in [1.29, 1.82) is 0 Å². The van der Waals surface area contributed by atoms with Crippen LogP contribution in [-0.2, 0) is 14.8 Å². The van der Waals surface area contributed by atoms with Crippen molar-refractivity contribution in [3.05, 3.63) is 52.2 Å². The fraction of sp³-hybridized carbons (Fsp3) is 0.474. The van der Waals surface area contributed by atoms with Gasteiger partial charge in [0.15, 0.2) is 0 Å². The van der Waals surface area contributed by atoms with Gasteiger partial charge in [0, 0.05) is 25.7 Å². The second-order valence-corrected chi connectivity index (χ2v) is 9.34. The Balaban J connectivity index is 1.73. The number of hydrogen-bond acceptors (Lipinski definition) is 5. The van der Waals surface area contributed by atoms with Crippen molar-refractivity contribution < 1.29 is 13.2 Å². The van der Waals surface area contributed by atoms with Crippen LogP contribution in [0, 0.1) is 0 Å². The molecule has 1 aliphatic heterocycles. The van der Waals surface area contributed by atoms with Gasteiger partial charge in [-0.3, -0.25) is 4.90 Å². The molecule has 0 amide bonds. The van der Waals surface area contributed by atoms with E-state index in [-0.39, 0.29) is 6.04 Å². The number of nitrogens with one attached hydrogen (secondary N) is 1. The summed E-state index contributed by atoms with van der Waals surface area (Å²) in [5, 5.41) is 4.12. The first kappa shape index (κ1) is 19.5. The summed E-state index contributed by atoms with van der Waals surface area (Å²) < 4.78 is 33.7. The first-order valence-electron chi connectivity index (χ1n) is 8.91. The third-order valence-electron chi connectivity index (χ3n) is 4.74. The SMILES string of the molecule is CC(C)c1ccc(S(=O)(=O)NC[C@H](c2ccsc2)N2CCOCC2)cc1. The van der Waals surface area contributed by atoms with Gasteiger partial charge in [-0.1, -0.05) is 26.0 Å². The first-order chi connectivity index (χ1) is 12.5. The lowest BCUT2D eigenvalue weighted by Gasteiger charge is -2.34. The molecule has 3 rings (SSSR count). The summed E-state index contributed by atoms with van der Waals surface area (Å²) in [6.45, 7) is 7.53. The van der Waals surface area contributed by atoms with E-state index in [9.17, 15) is 8.42 Å². The van der Waals surface area contributed by atoms with E-state index >= 15 is 0 Å². The highest BCUT2D eigenvalue weighted by Gasteiger charge is 2.25. The minimum Gasteiger partial charge on any atom is -0.379 e. The number of nitrogens with zero attached hydrogens (tertiary/aromatic N) is 1. The lowest BCUT2D eigenvalue weighted by atomic mass is 10.0. The Kier molecular flexibility index (Phi) is 6.47. The van der Waals surface area contributed by atoms with Crippen LogP contribution in [0.4, 0.5) is 0 Å². The normalized spacial score (nSPS) is 17.5. The highest BCUT2D eigenvalue weighted by Crippen LogP contribution is 2.24. The van der Waals surface area contributed by atoms with E-state index in [1.54, 1.807) is 23.5 Å². The maximum atomic E-state index is 12.7. The molecule has 1 N–H and O–H groups in total. The molecule has 1 saturated heterocycles. The van der Waals surface area contributed by atoms with E-state index in [1.807, 2.05) is 17.5 Å². The van der Waals surface area contributed by atoms with Crippen LogP contribution in [0.25, 0.3) is 0 Å². The molecule has 0 aliphatic carbocycles. The maximum Gasteiger partial charge on any atom is 0.240 e. The molecule has 0 unspecified atom stereocenters. The minimum atomic E-state index is -3.53. The van der Waals surface area contributed by atoms with E-state index in [1.165, 1.54) is 0 Å². The van der Waals surface area contributed by atoms with Crippen molar-refractivity contribution in [2.75, 3.05) is 32.8 Å². The van der Waals surface area contributed by atoms with Gasteiger partial charge < -0.3 is 4.74 Å². The second kappa shape index (κ2) is 8.63. The quantitative estimate of drug-likeness (QED) is 0.783. The van der Waals surface area contributed by atoms with Crippen molar-refractivity contribution in [3.63, 3.8) is 0 Å². The van der Waals surface area contributed by atoms with Crippen LogP contribution in [0.5, 0.6) is 0 Å². The minimum absolute atomic E-state index is 0.0230. The van der Waals surface area contributed by atoms with Crippen molar-refractivity contribution in [2.24, 2.45) is 0 Å². The number of rotatable bonds is 7. The predicted molar refractivity (Wildman–Crippen MR) is 105 cm³/mol. The highest BCUT2D eigenvalue weighted by atomic mass is 32.2. The zero-order chi connectivity index (χ0) is 18.6. The van der Waals surface area contributed by atoms with Crippen LogP contribution in [-0.4, -0.2) is 46.2 Å². The van der Waals surface area contributed by atoms with Crippen LogP contribution < -0.4 is 4.72 Å². The van der Waals surface area contributed by atoms with E-state index < -0.39 is 10.0 Å². The zero-order valence-electron chi connectivity index (χ0n) is 15.2. The molecule has 1 atom stereocenters. The monoisotopic (exact) mass is 394 g/mol. The molecule has 1 fully saturated rings. The van der Waals surface area contributed by atoms with Crippen LogP contribution in [0.3, 0.4) is 0 Å². The third-order valence-corrected chi connectivity index (χ3v) is 6.88. The zero-order valence-corrected chi connectivity index (χ0v) is 16.9. The number of benzene rings is 1. The Bertz CT molecular complexity index is 781. The van der Waals surface area contributed by atoms with Gasteiger partial charge in [0.05, 0.1) is 18.1 Å². The molecule has 0 bridgehead atoms. The Labute approximate surface area is 160 Å². The number of ether oxygens (including phenoxy) is 1. The Morgan fingerprint density at radius 3 is 2.38 bits per heavy atom. The first-order valence-corrected chi connectivity index (χ1v) is 11.3. The summed E-state index contributed by atoms with van der Waals surface area (Å²) in [5.41, 5.74) is 2.28. The molecule has 1 aliphatic rings. The summed E-state index contributed by atoms with van der Waals surface area (Å²) >= 11 is 1.63. The lowest BCUT2D eigenvalue weighted by molar-refractivity contribution is 0.0173. The van der Waals surface area contributed by atoms with Crippen LogP contribution in [0.2, 0.25) is 0 Å². The topological polar surface area (TPSA) is 58.6 Å². The summed E-state index contributed by atoms with van der Waals surface area (Å²) in [4.78, 5) is 2.60. The van der Waals surface area contributed by atoms with Crippen LogP contribution in [0.1, 0.15) is 36.9 Å². The molecule has 5 nitrogen and oxygen atoms in total. The van der Waals surface area contributed by atoms with Gasteiger partial charge in [0.25, 0.3) is 0 Å². The number of sulfonamides is 1. The highest BCUT2D eigenvalue weighted by molar-refractivity contribution is 7.89. The molecule has 0 radical (unpaired) electrons. The summed E-state index contributed by atoms with van der Waals surface area (Å²) in [7, 11) is -3.53. The molecular weight excluding hydrogens is 368 g/mol. The Hall–Kier alpha value is -1.25. The van der Waals surface area contributed by atoms with Gasteiger partial charge in [0.2, 0.25) is 10.0 Å². The molecule has 2 aromatic rings. The maximum absolute atomic E-state index is 12.7. The smallest absolute Gasteiger partial charge is 0.240 e. The summed E-state index contributed by atoms with van der Waals surface area (Å²) in [5.74, 6) is 0.379. The molecule has 142 valence electrons. The van der Waals surface area contributed by atoms with Gasteiger partial charge in [-0.15, -0.1) is 0 Å². The number of morpholine rings is 1. The molecule has 1 aromatic heterocycles. The van der Waals surface area contributed by atoms with Crippen molar-refractivity contribution in [1.82, 2.24) is 9.62 Å². The molecule has 1 aromatic carbocycles. The standard InChI is InChI=1S/C19H26N2O3S2/c1-15(2)16-3-5-18(6-4-16)26(22,23)20-13-19(17-7-12-25-14-17)21-8-10-24-11-9-21/h3-7,12,14-15,19-20H,8-11,13H2,1-2H3/t19-/m1/s1. The lowest BCUT2D eigenvalue weighted by Crippen LogP contribution is -2.43. The van der Waals surface area contributed by atoms with Gasteiger partial charge in [-0.05, 0) is 46.0 Å². The van der Waals surface area contributed by atoms with Crippen molar-refractivity contribution in [3.8, 4) is 0 Å². The predicted octanol–water partition coefficient (Wildman–Crippen LogP) is 3.22. The van der Waals surface area contributed by atoms with E-state index in [0.717, 1.165) is 24.2 Å². The largest absolute Gasteiger partial charge is 0.379 e. The average Bonchev–Trinajstić information content (AvgIpc) is 3.17. The summed E-state index contributed by atoms with van der Waals surface area (Å²) in [6, 6.07) is 9.23. The molecule has 0 saturated carbocycles. The molecule has 2 heterocycles. The average molecular weight is 395 g/mol. The van der Waals surface area contributed by atoms with E-state index in [0.29, 0.717) is 30.6 Å². The summed E-state index contributed by atoms with van der Waals surface area (Å²) in [6.07, 6.45) is 0. The van der Waals surface area contributed by atoms with Gasteiger partial charge >= 0.3 is 0 Å². The van der Waals surface area contributed by atoms with E-state index in [2.05, 4.69) is 34.9 Å². The fourth-order valence-corrected chi connectivity index (χ4v) is 4.86. The number of thiophene rings is 1. The van der Waals surface area contributed by atoms with Crippen LogP contribution in [0.15, 0.2) is 46.0 Å². The Morgan fingerprint density at radius 2 is 1.81 bits per heavy atom. The fourth-order valence-electron chi connectivity index (χ4n) is 3.12. The Morgan fingerprint density at radius 1 is 1.12 bits per heavy atom. The molecule has 7 heteroatoms. The third kappa shape index (κ3) is 4.72. The molecule has 26 heavy (non-hydrogen) atoms. The van der Waals surface area contributed by atoms with Gasteiger partial charge in [0.1, 0.15) is 0 Å². The van der Waals surface area contributed by atoms with Crippen molar-refractivity contribution >= 4 is 21.4 Å². The van der Waals surface area contributed by atoms with E-state index in [4.69, 9.17) is 4.74 Å². The number of hydrogen-bond donors (Lipinski definition) is 1. The van der Waals surface area contributed by atoms with Crippen LogP contribution >= 0.6 is 11.3 Å². The van der Waals surface area contributed by atoms with Gasteiger partial charge in [-0.2, -0.15) is 11.3 Å². The van der Waals surface area contributed by atoms with Crippen molar-refractivity contribution in [2.45, 2.75) is 30.7 Å². The van der Waals surface area contributed by atoms with Gasteiger partial charge in [-0.25, -0.2) is 13.1 Å². The molecule has 0 spiro atoms. The molecular formula is C19H26N2O3S2.